The van der Waals surface area contributed by atoms with Gasteiger partial charge in [-0.05, 0) is 31.0 Å². The third-order valence-corrected chi connectivity index (χ3v) is 4.00. The lowest BCUT2D eigenvalue weighted by Gasteiger charge is -2.16. The van der Waals surface area contributed by atoms with Gasteiger partial charge < -0.3 is 19.5 Å². The highest BCUT2D eigenvalue weighted by atomic mass is 16.5. The van der Waals surface area contributed by atoms with Gasteiger partial charge in [-0.1, -0.05) is 30.3 Å². The Hall–Kier alpha value is -2.20. The minimum absolute atomic E-state index is 0.220. The summed E-state index contributed by atoms with van der Waals surface area (Å²) < 4.78 is 17.0. The Kier molecular flexibility index (Phi) is 5.37. The Morgan fingerprint density at radius 3 is 2.65 bits per heavy atom. The van der Waals surface area contributed by atoms with Crippen molar-refractivity contribution in [1.29, 1.82) is 0 Å². The van der Waals surface area contributed by atoms with Crippen LogP contribution in [0.4, 0.5) is 5.69 Å². The van der Waals surface area contributed by atoms with E-state index in [0.29, 0.717) is 13.2 Å². The molecular formula is C19H23NO3. The third-order valence-electron chi connectivity index (χ3n) is 4.00. The second-order valence-corrected chi connectivity index (χ2v) is 5.61. The number of hydrogen-bond donors (Lipinski definition) is 1. The Bertz CT molecular complexity index is 624. The molecule has 2 aromatic carbocycles. The maximum absolute atomic E-state index is 5.95. The van der Waals surface area contributed by atoms with Crippen LogP contribution in [-0.4, -0.2) is 26.4 Å². The van der Waals surface area contributed by atoms with E-state index in [1.54, 1.807) is 7.11 Å². The van der Waals surface area contributed by atoms with Gasteiger partial charge in [0.2, 0.25) is 0 Å². The third kappa shape index (κ3) is 4.17. The molecule has 0 amide bonds. The summed E-state index contributed by atoms with van der Waals surface area (Å²) in [5, 5.41) is 3.43. The number of rotatable bonds is 7. The molecule has 1 atom stereocenters. The first-order chi connectivity index (χ1) is 11.4. The van der Waals surface area contributed by atoms with Gasteiger partial charge in [0.25, 0.3) is 0 Å². The molecule has 1 aliphatic heterocycles. The molecule has 0 aliphatic carbocycles. The molecule has 2 aromatic rings. The summed E-state index contributed by atoms with van der Waals surface area (Å²) in [5.41, 5.74) is 2.10. The van der Waals surface area contributed by atoms with Crippen molar-refractivity contribution in [3.8, 4) is 11.5 Å². The first kappa shape index (κ1) is 15.7. The lowest BCUT2D eigenvalue weighted by molar-refractivity contribution is 0.0682. The Morgan fingerprint density at radius 2 is 1.87 bits per heavy atom. The van der Waals surface area contributed by atoms with E-state index in [9.17, 15) is 0 Å². The number of methoxy groups -OCH3 is 1. The minimum Gasteiger partial charge on any atom is -0.496 e. The standard InChI is InChI=1S/C19H23NO3/c1-21-18-10-4-2-7-15(18)13-20-17-9-3-5-11-19(17)23-14-16-8-6-12-22-16/h2-5,7,9-11,16,20H,6,8,12-14H2,1H3. The summed E-state index contributed by atoms with van der Waals surface area (Å²) in [7, 11) is 1.69. The number of para-hydroxylation sites is 3. The van der Waals surface area contributed by atoms with Crippen LogP contribution in [0.2, 0.25) is 0 Å². The minimum atomic E-state index is 0.220. The van der Waals surface area contributed by atoms with Gasteiger partial charge in [-0.25, -0.2) is 0 Å². The van der Waals surface area contributed by atoms with Gasteiger partial charge in [-0.3, -0.25) is 0 Å². The summed E-state index contributed by atoms with van der Waals surface area (Å²) >= 11 is 0. The zero-order chi connectivity index (χ0) is 15.9. The fourth-order valence-corrected chi connectivity index (χ4v) is 2.74. The number of hydrogen-bond acceptors (Lipinski definition) is 4. The highest BCUT2D eigenvalue weighted by Crippen LogP contribution is 2.27. The van der Waals surface area contributed by atoms with Crippen LogP contribution < -0.4 is 14.8 Å². The summed E-state index contributed by atoms with van der Waals surface area (Å²) in [4.78, 5) is 0. The van der Waals surface area contributed by atoms with Crippen molar-refractivity contribution >= 4 is 5.69 Å². The average molecular weight is 313 g/mol. The fraction of sp³-hybridized carbons (Fsp3) is 0.368. The zero-order valence-corrected chi connectivity index (χ0v) is 13.5. The molecule has 1 saturated heterocycles. The van der Waals surface area contributed by atoms with E-state index in [1.807, 2.05) is 42.5 Å². The molecule has 0 aromatic heterocycles. The predicted molar refractivity (Wildman–Crippen MR) is 91.2 cm³/mol. The van der Waals surface area contributed by atoms with Crippen LogP contribution in [0.1, 0.15) is 18.4 Å². The monoisotopic (exact) mass is 313 g/mol. The van der Waals surface area contributed by atoms with E-state index in [1.165, 1.54) is 0 Å². The van der Waals surface area contributed by atoms with Gasteiger partial charge in [-0.15, -0.1) is 0 Å². The van der Waals surface area contributed by atoms with Crippen molar-refractivity contribution in [3.63, 3.8) is 0 Å². The van der Waals surface area contributed by atoms with E-state index in [0.717, 1.165) is 42.2 Å². The van der Waals surface area contributed by atoms with Crippen LogP contribution in [0, 0.1) is 0 Å². The number of ether oxygens (including phenoxy) is 3. The topological polar surface area (TPSA) is 39.7 Å². The maximum atomic E-state index is 5.95. The fourth-order valence-electron chi connectivity index (χ4n) is 2.74. The number of nitrogens with one attached hydrogen (secondary N) is 1. The second kappa shape index (κ2) is 7.88. The Labute approximate surface area is 137 Å². The molecule has 1 N–H and O–H groups in total. The lowest BCUT2D eigenvalue weighted by atomic mass is 10.2. The number of benzene rings is 2. The lowest BCUT2D eigenvalue weighted by Crippen LogP contribution is -2.16. The van der Waals surface area contributed by atoms with Gasteiger partial charge in [0.05, 0.1) is 18.9 Å². The van der Waals surface area contributed by atoms with E-state index in [4.69, 9.17) is 14.2 Å². The predicted octanol–water partition coefficient (Wildman–Crippen LogP) is 3.87. The summed E-state index contributed by atoms with van der Waals surface area (Å²) in [6.07, 6.45) is 2.43. The Balaban J connectivity index is 1.63. The molecule has 0 spiro atoms. The van der Waals surface area contributed by atoms with Crippen molar-refractivity contribution in [1.82, 2.24) is 0 Å². The highest BCUT2D eigenvalue weighted by molar-refractivity contribution is 5.56. The molecule has 0 saturated carbocycles. The van der Waals surface area contributed by atoms with Crippen LogP contribution in [0.15, 0.2) is 48.5 Å². The molecule has 1 aliphatic rings. The highest BCUT2D eigenvalue weighted by Gasteiger charge is 2.16. The second-order valence-electron chi connectivity index (χ2n) is 5.61. The molecule has 0 bridgehead atoms. The summed E-state index contributed by atoms with van der Waals surface area (Å²) in [6, 6.07) is 16.0. The van der Waals surface area contributed by atoms with Crippen LogP contribution >= 0.6 is 0 Å². The van der Waals surface area contributed by atoms with Gasteiger partial charge in [0.1, 0.15) is 18.1 Å². The van der Waals surface area contributed by atoms with Crippen LogP contribution in [0.3, 0.4) is 0 Å². The first-order valence-corrected chi connectivity index (χ1v) is 8.06. The van der Waals surface area contributed by atoms with Crippen LogP contribution in [0.25, 0.3) is 0 Å². The van der Waals surface area contributed by atoms with Crippen molar-refractivity contribution in [2.45, 2.75) is 25.5 Å². The molecule has 3 rings (SSSR count). The quantitative estimate of drug-likeness (QED) is 0.842. The van der Waals surface area contributed by atoms with Gasteiger partial charge >= 0.3 is 0 Å². The van der Waals surface area contributed by atoms with Crippen molar-refractivity contribution in [2.75, 3.05) is 25.6 Å². The molecular weight excluding hydrogens is 290 g/mol. The number of anilines is 1. The van der Waals surface area contributed by atoms with Crippen LogP contribution in [-0.2, 0) is 11.3 Å². The van der Waals surface area contributed by atoms with E-state index >= 15 is 0 Å². The molecule has 1 unspecified atom stereocenters. The van der Waals surface area contributed by atoms with E-state index in [-0.39, 0.29) is 6.10 Å². The first-order valence-electron chi connectivity index (χ1n) is 8.06. The smallest absolute Gasteiger partial charge is 0.142 e. The summed E-state index contributed by atoms with van der Waals surface area (Å²) in [6.45, 7) is 2.14. The molecule has 1 fully saturated rings. The van der Waals surface area contributed by atoms with E-state index in [2.05, 4.69) is 11.4 Å². The largest absolute Gasteiger partial charge is 0.496 e. The molecule has 4 nitrogen and oxygen atoms in total. The zero-order valence-electron chi connectivity index (χ0n) is 13.5. The van der Waals surface area contributed by atoms with Crippen molar-refractivity contribution in [3.05, 3.63) is 54.1 Å². The summed E-state index contributed by atoms with van der Waals surface area (Å²) in [5.74, 6) is 1.75. The maximum Gasteiger partial charge on any atom is 0.142 e. The van der Waals surface area contributed by atoms with Gasteiger partial charge in [-0.2, -0.15) is 0 Å². The van der Waals surface area contributed by atoms with Gasteiger partial charge in [0, 0.05) is 18.7 Å². The van der Waals surface area contributed by atoms with E-state index < -0.39 is 0 Å². The van der Waals surface area contributed by atoms with Crippen molar-refractivity contribution in [2.24, 2.45) is 0 Å². The molecule has 4 heteroatoms. The molecule has 122 valence electrons. The van der Waals surface area contributed by atoms with Crippen molar-refractivity contribution < 1.29 is 14.2 Å². The molecule has 1 heterocycles. The van der Waals surface area contributed by atoms with Crippen LogP contribution in [0.5, 0.6) is 11.5 Å². The van der Waals surface area contributed by atoms with Gasteiger partial charge in [0.15, 0.2) is 0 Å². The molecule has 23 heavy (non-hydrogen) atoms. The molecule has 0 radical (unpaired) electrons. The average Bonchev–Trinajstić information content (AvgIpc) is 3.12. The SMILES string of the molecule is COc1ccccc1CNc1ccccc1OCC1CCCO1. The normalized spacial score (nSPS) is 17.0. The Morgan fingerprint density at radius 1 is 1.09 bits per heavy atom.